The highest BCUT2D eigenvalue weighted by Gasteiger charge is 2.23. The van der Waals surface area contributed by atoms with Gasteiger partial charge in [0.25, 0.3) is 0 Å². The molecule has 1 aliphatic heterocycles. The second kappa shape index (κ2) is 4.77. The Labute approximate surface area is 108 Å². The zero-order valence-corrected chi connectivity index (χ0v) is 10.4. The third-order valence-corrected chi connectivity index (χ3v) is 3.59. The van der Waals surface area contributed by atoms with Gasteiger partial charge in [-0.15, -0.1) is 0 Å². The molecule has 0 aromatic heterocycles. The molecule has 1 aliphatic carbocycles. The van der Waals surface area contributed by atoms with E-state index in [2.05, 4.69) is 17.2 Å². The lowest BCUT2D eigenvalue weighted by atomic mass is 9.91. The molecule has 3 rings (SSSR count). The molecule has 1 heterocycles. The van der Waals surface area contributed by atoms with Gasteiger partial charge in [0.15, 0.2) is 0 Å². The molecule has 1 saturated carbocycles. The van der Waals surface area contributed by atoms with Gasteiger partial charge in [-0.05, 0) is 55.7 Å². The van der Waals surface area contributed by atoms with Gasteiger partial charge in [-0.2, -0.15) is 0 Å². The predicted molar refractivity (Wildman–Crippen MR) is 73.1 cm³/mol. The minimum absolute atomic E-state index is 0.746. The van der Waals surface area contributed by atoms with Crippen LogP contribution < -0.4 is 10.5 Å². The lowest BCUT2D eigenvalue weighted by Gasteiger charge is -2.37. The standard InChI is InChI=1S/C15H18N2O/c16-12-4-6-14(7-5-12)18-15-8-10-17(11-9-15)13-2-1-3-13/h4-10,13H,1-3,11,16H2. The van der Waals surface area contributed by atoms with Gasteiger partial charge in [-0.3, -0.25) is 0 Å². The predicted octanol–water partition coefficient (Wildman–Crippen LogP) is 2.91. The lowest BCUT2D eigenvalue weighted by molar-refractivity contribution is 0.195. The molecule has 0 radical (unpaired) electrons. The quantitative estimate of drug-likeness (QED) is 0.828. The zero-order valence-electron chi connectivity index (χ0n) is 10.4. The van der Waals surface area contributed by atoms with Crippen molar-refractivity contribution in [2.24, 2.45) is 0 Å². The highest BCUT2D eigenvalue weighted by molar-refractivity contribution is 5.42. The van der Waals surface area contributed by atoms with Crippen molar-refractivity contribution in [3.63, 3.8) is 0 Å². The van der Waals surface area contributed by atoms with Crippen LogP contribution in [0.2, 0.25) is 0 Å². The lowest BCUT2D eigenvalue weighted by Crippen LogP contribution is -2.37. The van der Waals surface area contributed by atoms with E-state index in [4.69, 9.17) is 10.5 Å². The Hall–Kier alpha value is -1.90. The van der Waals surface area contributed by atoms with Gasteiger partial charge in [0.05, 0.1) is 0 Å². The summed E-state index contributed by atoms with van der Waals surface area (Å²) in [5, 5.41) is 0. The molecule has 18 heavy (non-hydrogen) atoms. The van der Waals surface area contributed by atoms with Crippen molar-refractivity contribution in [1.82, 2.24) is 4.90 Å². The first-order chi connectivity index (χ1) is 8.81. The molecule has 0 amide bonds. The van der Waals surface area contributed by atoms with E-state index in [1.807, 2.05) is 30.3 Å². The summed E-state index contributed by atoms with van der Waals surface area (Å²) in [7, 11) is 0. The summed E-state index contributed by atoms with van der Waals surface area (Å²) in [6, 6.07) is 8.23. The Bertz CT molecular complexity index is 472. The summed E-state index contributed by atoms with van der Waals surface area (Å²) >= 11 is 0. The van der Waals surface area contributed by atoms with Crippen LogP contribution in [0.15, 0.2) is 48.4 Å². The van der Waals surface area contributed by atoms with Crippen LogP contribution in [0.1, 0.15) is 19.3 Å². The molecule has 2 N–H and O–H groups in total. The molecule has 2 aliphatic rings. The summed E-state index contributed by atoms with van der Waals surface area (Å²) < 4.78 is 5.78. The van der Waals surface area contributed by atoms with Crippen molar-refractivity contribution in [2.75, 3.05) is 12.3 Å². The van der Waals surface area contributed by atoms with Gasteiger partial charge in [0, 0.05) is 24.5 Å². The number of hydrogen-bond donors (Lipinski definition) is 1. The largest absolute Gasteiger partial charge is 0.458 e. The molecule has 3 heteroatoms. The third kappa shape index (κ3) is 2.35. The number of nitrogen functional groups attached to an aromatic ring is 1. The van der Waals surface area contributed by atoms with E-state index in [0.29, 0.717) is 0 Å². The van der Waals surface area contributed by atoms with Gasteiger partial charge < -0.3 is 15.4 Å². The summed E-state index contributed by atoms with van der Waals surface area (Å²) in [5.41, 5.74) is 6.40. The van der Waals surface area contributed by atoms with E-state index < -0.39 is 0 Å². The fourth-order valence-corrected chi connectivity index (χ4v) is 2.23. The van der Waals surface area contributed by atoms with Crippen LogP contribution >= 0.6 is 0 Å². The Kier molecular flexibility index (Phi) is 2.97. The number of rotatable bonds is 3. The van der Waals surface area contributed by atoms with Gasteiger partial charge in [0.2, 0.25) is 0 Å². The van der Waals surface area contributed by atoms with Crippen LogP contribution in [0, 0.1) is 0 Å². The van der Waals surface area contributed by atoms with E-state index in [-0.39, 0.29) is 0 Å². The Morgan fingerprint density at radius 3 is 2.50 bits per heavy atom. The molecule has 94 valence electrons. The number of anilines is 1. The Morgan fingerprint density at radius 2 is 1.94 bits per heavy atom. The first-order valence-electron chi connectivity index (χ1n) is 6.49. The highest BCUT2D eigenvalue weighted by atomic mass is 16.5. The number of benzene rings is 1. The van der Waals surface area contributed by atoms with E-state index in [1.165, 1.54) is 19.3 Å². The summed E-state index contributed by atoms with van der Waals surface area (Å²) in [4.78, 5) is 2.39. The van der Waals surface area contributed by atoms with E-state index in [9.17, 15) is 0 Å². The van der Waals surface area contributed by atoms with Crippen molar-refractivity contribution >= 4 is 5.69 Å². The molecular formula is C15H18N2O. The molecule has 0 saturated heterocycles. The van der Waals surface area contributed by atoms with Crippen LogP contribution in [-0.4, -0.2) is 17.5 Å². The zero-order chi connectivity index (χ0) is 12.4. The first-order valence-corrected chi connectivity index (χ1v) is 6.49. The minimum Gasteiger partial charge on any atom is -0.458 e. The Morgan fingerprint density at radius 1 is 1.17 bits per heavy atom. The molecular weight excluding hydrogens is 224 g/mol. The van der Waals surface area contributed by atoms with Crippen LogP contribution in [0.3, 0.4) is 0 Å². The topological polar surface area (TPSA) is 38.5 Å². The van der Waals surface area contributed by atoms with Gasteiger partial charge in [-0.25, -0.2) is 0 Å². The molecule has 1 fully saturated rings. The fourth-order valence-electron chi connectivity index (χ4n) is 2.23. The van der Waals surface area contributed by atoms with Crippen molar-refractivity contribution in [2.45, 2.75) is 25.3 Å². The molecule has 0 spiro atoms. The summed E-state index contributed by atoms with van der Waals surface area (Å²) in [6.07, 6.45) is 10.3. The van der Waals surface area contributed by atoms with Crippen LogP contribution in [0.4, 0.5) is 5.69 Å². The maximum absolute atomic E-state index is 5.78. The van der Waals surface area contributed by atoms with Crippen molar-refractivity contribution in [1.29, 1.82) is 0 Å². The Balaban J connectivity index is 1.60. The smallest absolute Gasteiger partial charge is 0.127 e. The second-order valence-corrected chi connectivity index (χ2v) is 4.87. The third-order valence-electron chi connectivity index (χ3n) is 3.59. The second-order valence-electron chi connectivity index (χ2n) is 4.87. The van der Waals surface area contributed by atoms with E-state index in [1.54, 1.807) is 0 Å². The monoisotopic (exact) mass is 242 g/mol. The molecule has 1 aromatic carbocycles. The number of hydrogen-bond acceptors (Lipinski definition) is 3. The SMILES string of the molecule is Nc1ccc(OC2=CCN(C3CCC3)C=C2)cc1. The maximum Gasteiger partial charge on any atom is 0.127 e. The van der Waals surface area contributed by atoms with Crippen molar-refractivity contribution < 1.29 is 4.74 Å². The molecule has 1 aromatic rings. The molecule has 0 unspecified atom stereocenters. The van der Waals surface area contributed by atoms with E-state index in [0.717, 1.165) is 29.8 Å². The first kappa shape index (κ1) is 11.2. The summed E-state index contributed by atoms with van der Waals surface area (Å²) in [6.45, 7) is 0.950. The molecule has 3 nitrogen and oxygen atoms in total. The van der Waals surface area contributed by atoms with Crippen molar-refractivity contribution in [3.05, 3.63) is 48.4 Å². The average molecular weight is 242 g/mol. The number of ether oxygens (including phenoxy) is 1. The van der Waals surface area contributed by atoms with Gasteiger partial charge in [-0.1, -0.05) is 0 Å². The van der Waals surface area contributed by atoms with Gasteiger partial charge >= 0.3 is 0 Å². The minimum atomic E-state index is 0.746. The van der Waals surface area contributed by atoms with Crippen LogP contribution in [0.5, 0.6) is 5.75 Å². The van der Waals surface area contributed by atoms with Gasteiger partial charge in [0.1, 0.15) is 11.5 Å². The van der Waals surface area contributed by atoms with E-state index >= 15 is 0 Å². The number of nitrogens with two attached hydrogens (primary N) is 1. The highest BCUT2D eigenvalue weighted by Crippen LogP contribution is 2.27. The molecule has 0 bridgehead atoms. The summed E-state index contributed by atoms with van der Waals surface area (Å²) in [5.74, 6) is 1.74. The van der Waals surface area contributed by atoms with Crippen molar-refractivity contribution in [3.8, 4) is 5.75 Å². The normalized spacial score (nSPS) is 19.3. The number of nitrogens with zero attached hydrogens (tertiary/aromatic N) is 1. The maximum atomic E-state index is 5.78. The molecule has 0 atom stereocenters. The number of allylic oxidation sites excluding steroid dienone is 1. The van der Waals surface area contributed by atoms with Crippen LogP contribution in [-0.2, 0) is 0 Å². The average Bonchev–Trinajstić information content (AvgIpc) is 2.32. The van der Waals surface area contributed by atoms with Crippen LogP contribution in [0.25, 0.3) is 0 Å². The fraction of sp³-hybridized carbons (Fsp3) is 0.333.